The van der Waals surface area contributed by atoms with E-state index in [4.69, 9.17) is 4.55 Å². The van der Waals surface area contributed by atoms with Gasteiger partial charge in [-0.1, -0.05) is 20.8 Å². The monoisotopic (exact) mass is 557 g/mol. The standard InChI is InChI=1S/C29H51NO7S/c1-17(2)30(12-13-38(35,36)37)26(34)9-6-18(3)21-7-8-22-27-23(16-25(33)29(21,22)5)28(4)11-10-20(31)14-19(28)15-24(27)32/h17-25,27,31-33H,6-16H2,1-5H3,(H,35,36,37). The van der Waals surface area contributed by atoms with Gasteiger partial charge in [-0.05, 0) is 112 Å². The molecular formula is C29H51NO7S. The fraction of sp³-hybridized carbons (Fsp3) is 0.966. The molecule has 0 saturated heterocycles. The SMILES string of the molecule is CC(CCC(=O)N(CCS(=O)(=O)O)C(C)C)C1CCC2C3C(O)CC4CC(O)CCC4(C)C3CC(O)C12C. The van der Waals surface area contributed by atoms with Gasteiger partial charge in [-0.15, -0.1) is 0 Å². The van der Waals surface area contributed by atoms with Gasteiger partial charge in [0.2, 0.25) is 5.91 Å². The lowest BCUT2D eigenvalue weighted by molar-refractivity contribution is -0.207. The summed E-state index contributed by atoms with van der Waals surface area (Å²) in [6.45, 7) is 10.4. The van der Waals surface area contributed by atoms with Crippen LogP contribution in [-0.4, -0.2) is 75.7 Å². The molecule has 0 bridgehead atoms. The van der Waals surface area contributed by atoms with Crippen LogP contribution >= 0.6 is 0 Å². The van der Waals surface area contributed by atoms with Gasteiger partial charge in [0.1, 0.15) is 0 Å². The van der Waals surface area contributed by atoms with Crippen LogP contribution in [0, 0.1) is 46.3 Å². The largest absolute Gasteiger partial charge is 0.393 e. The number of carbonyl (C=O) groups excluding carboxylic acids is 1. The van der Waals surface area contributed by atoms with Crippen LogP contribution in [0.4, 0.5) is 0 Å². The molecule has 4 aliphatic carbocycles. The Hall–Kier alpha value is -0.740. The van der Waals surface area contributed by atoms with Crippen LogP contribution in [0.5, 0.6) is 0 Å². The molecule has 4 N–H and O–H groups in total. The first-order valence-electron chi connectivity index (χ1n) is 14.9. The Kier molecular flexibility index (Phi) is 8.68. The summed E-state index contributed by atoms with van der Waals surface area (Å²) in [6, 6.07) is -0.163. The number of hydrogen-bond donors (Lipinski definition) is 4. The molecule has 0 aromatic heterocycles. The number of nitrogens with zero attached hydrogens (tertiary/aromatic N) is 1. The predicted octanol–water partition coefficient (Wildman–Crippen LogP) is 3.49. The van der Waals surface area contributed by atoms with E-state index in [0.717, 1.165) is 38.5 Å². The van der Waals surface area contributed by atoms with Crippen molar-refractivity contribution in [2.45, 2.75) is 117 Å². The molecule has 38 heavy (non-hydrogen) atoms. The molecule has 4 saturated carbocycles. The lowest BCUT2D eigenvalue weighted by atomic mass is 9.43. The maximum Gasteiger partial charge on any atom is 0.266 e. The van der Waals surface area contributed by atoms with Crippen molar-refractivity contribution in [3.63, 3.8) is 0 Å². The van der Waals surface area contributed by atoms with E-state index in [2.05, 4.69) is 20.8 Å². The van der Waals surface area contributed by atoms with Gasteiger partial charge in [0.15, 0.2) is 0 Å². The average Bonchev–Trinajstić information content (AvgIpc) is 3.17. The molecule has 4 rings (SSSR count). The van der Waals surface area contributed by atoms with E-state index < -0.39 is 28.1 Å². The smallest absolute Gasteiger partial charge is 0.266 e. The zero-order valence-electron chi connectivity index (χ0n) is 23.9. The van der Waals surface area contributed by atoms with Crippen LogP contribution in [-0.2, 0) is 14.9 Å². The summed E-state index contributed by atoms with van der Waals surface area (Å²) >= 11 is 0. The molecule has 220 valence electrons. The number of aliphatic hydroxyl groups is 3. The van der Waals surface area contributed by atoms with Gasteiger partial charge in [-0.3, -0.25) is 9.35 Å². The van der Waals surface area contributed by atoms with Gasteiger partial charge in [-0.2, -0.15) is 8.42 Å². The van der Waals surface area contributed by atoms with Crippen molar-refractivity contribution in [1.29, 1.82) is 0 Å². The van der Waals surface area contributed by atoms with Crippen LogP contribution in [0.15, 0.2) is 0 Å². The van der Waals surface area contributed by atoms with Crippen molar-refractivity contribution in [3.8, 4) is 0 Å². The summed E-state index contributed by atoms with van der Waals surface area (Å²) in [6.07, 6.45) is 5.69. The normalized spacial score (nSPS) is 43.7. The van der Waals surface area contributed by atoms with Crippen LogP contribution in [0.3, 0.4) is 0 Å². The maximum atomic E-state index is 13.0. The molecule has 0 aromatic rings. The molecule has 0 aromatic carbocycles. The van der Waals surface area contributed by atoms with Gasteiger partial charge in [0.05, 0.1) is 24.1 Å². The summed E-state index contributed by atoms with van der Waals surface area (Å²) in [5.41, 5.74) is -0.269. The Labute approximate surface area is 229 Å². The van der Waals surface area contributed by atoms with E-state index in [0.29, 0.717) is 25.2 Å². The van der Waals surface area contributed by atoms with E-state index in [9.17, 15) is 28.5 Å². The zero-order chi connectivity index (χ0) is 28.2. The highest BCUT2D eigenvalue weighted by molar-refractivity contribution is 7.85. The Bertz CT molecular complexity index is 972. The second-order valence-electron chi connectivity index (χ2n) is 14.0. The summed E-state index contributed by atoms with van der Waals surface area (Å²) in [7, 11) is -4.14. The molecule has 11 atom stereocenters. The number of hydrogen-bond acceptors (Lipinski definition) is 6. The molecule has 0 aliphatic heterocycles. The second-order valence-corrected chi connectivity index (χ2v) is 15.6. The van der Waals surface area contributed by atoms with Gasteiger partial charge in [0, 0.05) is 19.0 Å². The molecule has 4 fully saturated rings. The Morgan fingerprint density at radius 1 is 1.00 bits per heavy atom. The predicted molar refractivity (Wildman–Crippen MR) is 146 cm³/mol. The van der Waals surface area contributed by atoms with Crippen molar-refractivity contribution in [2.75, 3.05) is 12.3 Å². The van der Waals surface area contributed by atoms with Gasteiger partial charge in [0.25, 0.3) is 10.1 Å². The molecule has 11 unspecified atom stereocenters. The lowest BCUT2D eigenvalue weighted by Crippen LogP contribution is -2.62. The number of rotatable bonds is 8. The minimum Gasteiger partial charge on any atom is -0.393 e. The first-order valence-corrected chi connectivity index (χ1v) is 16.5. The summed E-state index contributed by atoms with van der Waals surface area (Å²) < 4.78 is 31.6. The third kappa shape index (κ3) is 5.44. The summed E-state index contributed by atoms with van der Waals surface area (Å²) in [5.74, 6) is 0.819. The average molecular weight is 558 g/mol. The molecule has 9 heteroatoms. The van der Waals surface area contributed by atoms with Crippen LogP contribution in [0.2, 0.25) is 0 Å². The highest BCUT2D eigenvalue weighted by Gasteiger charge is 2.65. The molecule has 1 amide bonds. The van der Waals surface area contributed by atoms with Gasteiger partial charge < -0.3 is 20.2 Å². The molecule has 0 heterocycles. The number of fused-ring (bicyclic) bond motifs is 5. The van der Waals surface area contributed by atoms with Crippen LogP contribution in [0.25, 0.3) is 0 Å². The quantitative estimate of drug-likeness (QED) is 0.336. The first-order chi connectivity index (χ1) is 17.6. The Morgan fingerprint density at radius 2 is 1.68 bits per heavy atom. The Balaban J connectivity index is 1.46. The molecule has 0 spiro atoms. The fourth-order valence-corrected chi connectivity index (χ4v) is 10.1. The minimum absolute atomic E-state index is 0.0244. The van der Waals surface area contributed by atoms with Crippen molar-refractivity contribution in [3.05, 3.63) is 0 Å². The molecule has 0 radical (unpaired) electrons. The topological polar surface area (TPSA) is 135 Å². The van der Waals surface area contributed by atoms with E-state index in [-0.39, 0.29) is 65.0 Å². The molecular weight excluding hydrogens is 506 g/mol. The second kappa shape index (κ2) is 10.9. The molecule has 4 aliphatic rings. The van der Waals surface area contributed by atoms with Crippen molar-refractivity contribution >= 4 is 16.0 Å². The van der Waals surface area contributed by atoms with E-state index >= 15 is 0 Å². The minimum atomic E-state index is -4.14. The van der Waals surface area contributed by atoms with E-state index in [1.54, 1.807) is 0 Å². The van der Waals surface area contributed by atoms with Crippen LogP contribution < -0.4 is 0 Å². The summed E-state index contributed by atoms with van der Waals surface area (Å²) in [5, 5.41) is 33.5. The third-order valence-corrected chi connectivity index (χ3v) is 12.6. The van der Waals surface area contributed by atoms with Crippen molar-refractivity contribution < 1.29 is 33.1 Å². The third-order valence-electron chi connectivity index (χ3n) is 11.9. The maximum absolute atomic E-state index is 13.0. The number of carbonyl (C=O) groups is 1. The van der Waals surface area contributed by atoms with E-state index in [1.807, 2.05) is 13.8 Å². The zero-order valence-corrected chi connectivity index (χ0v) is 24.7. The van der Waals surface area contributed by atoms with E-state index in [1.165, 1.54) is 4.90 Å². The number of amides is 1. The van der Waals surface area contributed by atoms with Crippen molar-refractivity contribution in [1.82, 2.24) is 4.90 Å². The highest BCUT2D eigenvalue weighted by Crippen LogP contribution is 2.68. The first kappa shape index (κ1) is 30.2. The molecule has 8 nitrogen and oxygen atoms in total. The van der Waals surface area contributed by atoms with Gasteiger partial charge in [-0.25, -0.2) is 0 Å². The lowest BCUT2D eigenvalue weighted by Gasteiger charge is -2.63. The summed E-state index contributed by atoms with van der Waals surface area (Å²) in [4.78, 5) is 14.5. The van der Waals surface area contributed by atoms with Crippen molar-refractivity contribution in [2.24, 2.45) is 46.3 Å². The highest BCUT2D eigenvalue weighted by atomic mass is 32.2. The van der Waals surface area contributed by atoms with Crippen LogP contribution in [0.1, 0.15) is 92.4 Å². The number of aliphatic hydroxyl groups excluding tert-OH is 3. The van der Waals surface area contributed by atoms with Gasteiger partial charge >= 0.3 is 0 Å². The Morgan fingerprint density at radius 3 is 2.32 bits per heavy atom. The fourth-order valence-electron chi connectivity index (χ4n) is 9.71.